The fourth-order valence-electron chi connectivity index (χ4n) is 4.24. The fraction of sp³-hybridized carbons (Fsp3) is 0.462. The number of rotatable bonds is 8. The van der Waals surface area contributed by atoms with Crippen molar-refractivity contribution in [1.82, 2.24) is 9.62 Å². The molecule has 6 nitrogen and oxygen atoms in total. The maximum Gasteiger partial charge on any atom is 0.243 e. The first-order valence-corrected chi connectivity index (χ1v) is 13.1. The minimum Gasteiger partial charge on any atom is -0.349 e. The Morgan fingerprint density at radius 2 is 1.58 bits per heavy atom. The van der Waals surface area contributed by atoms with Crippen molar-refractivity contribution in [2.75, 3.05) is 13.1 Å². The van der Waals surface area contributed by atoms with E-state index in [1.54, 1.807) is 0 Å². The third-order valence-electron chi connectivity index (χ3n) is 6.43. The van der Waals surface area contributed by atoms with E-state index in [0.29, 0.717) is 31.5 Å². The number of benzene rings is 2. The number of piperidine rings is 1. The molecule has 0 aromatic heterocycles. The van der Waals surface area contributed by atoms with E-state index < -0.39 is 10.0 Å². The summed E-state index contributed by atoms with van der Waals surface area (Å²) in [6.45, 7) is 8.34. The Balaban J connectivity index is 1.63. The van der Waals surface area contributed by atoms with E-state index in [4.69, 9.17) is 0 Å². The predicted octanol–water partition coefficient (Wildman–Crippen LogP) is 4.37. The van der Waals surface area contributed by atoms with Crippen LogP contribution in [0.15, 0.2) is 53.4 Å². The number of Topliss-reactive ketones (excluding diaryl/α,β-unsaturated/α-hetero) is 1. The molecule has 0 bridgehead atoms. The summed E-state index contributed by atoms with van der Waals surface area (Å²) >= 11 is 0. The Morgan fingerprint density at radius 1 is 1.00 bits per heavy atom. The van der Waals surface area contributed by atoms with E-state index in [0.717, 1.165) is 12.0 Å². The number of aryl methyl sites for hydroxylation is 1. The van der Waals surface area contributed by atoms with Gasteiger partial charge in [0.1, 0.15) is 0 Å². The predicted molar refractivity (Wildman–Crippen MR) is 129 cm³/mol. The second-order valence-electron chi connectivity index (χ2n) is 9.08. The number of amides is 1. The third-order valence-corrected chi connectivity index (χ3v) is 8.35. The number of hydrogen-bond acceptors (Lipinski definition) is 4. The van der Waals surface area contributed by atoms with Crippen molar-refractivity contribution in [3.8, 4) is 0 Å². The number of nitrogens with zero attached hydrogens (tertiary/aromatic N) is 1. The van der Waals surface area contributed by atoms with Gasteiger partial charge >= 0.3 is 0 Å². The van der Waals surface area contributed by atoms with Crippen LogP contribution in [-0.4, -0.2) is 37.5 Å². The van der Waals surface area contributed by atoms with Crippen molar-refractivity contribution >= 4 is 21.7 Å². The Morgan fingerprint density at radius 3 is 2.06 bits per heavy atom. The lowest BCUT2D eigenvalue weighted by molar-refractivity contribution is -0.127. The van der Waals surface area contributed by atoms with E-state index in [1.165, 1.54) is 41.1 Å². The number of nitrogens with one attached hydrogen (secondary N) is 1. The van der Waals surface area contributed by atoms with Gasteiger partial charge in [0.05, 0.1) is 10.9 Å². The highest BCUT2D eigenvalue weighted by atomic mass is 32.2. The number of sulfonamides is 1. The Kier molecular flexibility index (Phi) is 8.08. The fourth-order valence-corrected chi connectivity index (χ4v) is 5.71. The Labute approximate surface area is 197 Å². The standard InChI is InChI=1S/C26H34N2O4S/c1-5-20-6-8-22(9-7-20)25(18(2)3)27-26(30)23-14-16-28(17-15-23)33(31,32)24-12-10-21(11-13-24)19(4)29/h6-13,18,23,25H,5,14-17H2,1-4H3,(H,27,30). The summed E-state index contributed by atoms with van der Waals surface area (Å²) in [5, 5.41) is 3.20. The monoisotopic (exact) mass is 470 g/mol. The molecular formula is C26H34N2O4S. The van der Waals surface area contributed by atoms with Gasteiger partial charge in [0.15, 0.2) is 5.78 Å². The molecule has 178 valence electrons. The first-order valence-electron chi connectivity index (χ1n) is 11.6. The maximum absolute atomic E-state index is 13.0. The van der Waals surface area contributed by atoms with E-state index in [9.17, 15) is 18.0 Å². The molecule has 1 saturated heterocycles. The first kappa shape index (κ1) is 25.1. The lowest BCUT2D eigenvalue weighted by Gasteiger charge is -2.32. The van der Waals surface area contributed by atoms with Gasteiger partial charge < -0.3 is 5.32 Å². The molecule has 2 aromatic rings. The smallest absolute Gasteiger partial charge is 0.243 e. The molecular weight excluding hydrogens is 436 g/mol. The molecule has 1 amide bonds. The van der Waals surface area contributed by atoms with Crippen LogP contribution in [-0.2, 0) is 21.2 Å². The van der Waals surface area contributed by atoms with Crippen molar-refractivity contribution < 1.29 is 18.0 Å². The number of carbonyl (C=O) groups is 2. The van der Waals surface area contributed by atoms with Crippen LogP contribution in [0.5, 0.6) is 0 Å². The van der Waals surface area contributed by atoms with Gasteiger partial charge in [-0.25, -0.2) is 8.42 Å². The third kappa shape index (κ3) is 5.89. The molecule has 1 N–H and O–H groups in total. The summed E-state index contributed by atoms with van der Waals surface area (Å²) in [6.07, 6.45) is 1.94. The largest absolute Gasteiger partial charge is 0.349 e. The van der Waals surface area contributed by atoms with Crippen LogP contribution in [0.25, 0.3) is 0 Å². The average molecular weight is 471 g/mol. The summed E-state index contributed by atoms with van der Waals surface area (Å²) < 4.78 is 27.4. The highest BCUT2D eigenvalue weighted by Gasteiger charge is 2.33. The van der Waals surface area contributed by atoms with Crippen LogP contribution in [0, 0.1) is 11.8 Å². The van der Waals surface area contributed by atoms with E-state index >= 15 is 0 Å². The van der Waals surface area contributed by atoms with Gasteiger partial charge in [-0.05, 0) is 55.4 Å². The minimum atomic E-state index is -3.65. The topological polar surface area (TPSA) is 83.6 Å². The summed E-state index contributed by atoms with van der Waals surface area (Å²) in [4.78, 5) is 24.6. The zero-order chi connectivity index (χ0) is 24.2. The molecule has 33 heavy (non-hydrogen) atoms. The summed E-state index contributed by atoms with van der Waals surface area (Å²) in [5.41, 5.74) is 2.83. The number of hydrogen-bond donors (Lipinski definition) is 1. The molecule has 1 aliphatic rings. The minimum absolute atomic E-state index is 0.0175. The van der Waals surface area contributed by atoms with Gasteiger partial charge in [0, 0.05) is 24.6 Å². The SMILES string of the molecule is CCc1ccc(C(NC(=O)C2CCN(S(=O)(=O)c3ccc(C(C)=O)cc3)CC2)C(C)C)cc1. The van der Waals surface area contributed by atoms with Crippen LogP contribution < -0.4 is 5.32 Å². The number of carbonyl (C=O) groups excluding carboxylic acids is 2. The van der Waals surface area contributed by atoms with Crippen molar-refractivity contribution in [2.24, 2.45) is 11.8 Å². The highest BCUT2D eigenvalue weighted by molar-refractivity contribution is 7.89. The quantitative estimate of drug-likeness (QED) is 0.581. The molecule has 0 saturated carbocycles. The van der Waals surface area contributed by atoms with Crippen molar-refractivity contribution in [3.63, 3.8) is 0 Å². The molecule has 1 atom stereocenters. The number of ketones is 1. The van der Waals surface area contributed by atoms with E-state index in [1.807, 2.05) is 0 Å². The second kappa shape index (κ2) is 10.6. The van der Waals surface area contributed by atoms with E-state index in [2.05, 4.69) is 50.4 Å². The second-order valence-corrected chi connectivity index (χ2v) is 11.0. The van der Waals surface area contributed by atoms with Crippen LogP contribution >= 0.6 is 0 Å². The molecule has 0 aliphatic carbocycles. The van der Waals surface area contributed by atoms with Crippen molar-refractivity contribution in [3.05, 3.63) is 65.2 Å². The molecule has 0 spiro atoms. The summed E-state index contributed by atoms with van der Waals surface area (Å²) in [7, 11) is -3.65. The van der Waals surface area contributed by atoms with Crippen LogP contribution in [0.4, 0.5) is 0 Å². The summed E-state index contributed by atoms with van der Waals surface area (Å²) in [5.74, 6) is -0.101. The molecule has 1 fully saturated rings. The molecule has 0 radical (unpaired) electrons. The Bertz CT molecular complexity index is 1070. The van der Waals surface area contributed by atoms with E-state index in [-0.39, 0.29) is 34.5 Å². The van der Waals surface area contributed by atoms with Gasteiger partial charge in [-0.2, -0.15) is 4.31 Å². The highest BCUT2D eigenvalue weighted by Crippen LogP contribution is 2.27. The van der Waals surface area contributed by atoms with Gasteiger partial charge in [0.25, 0.3) is 0 Å². The molecule has 1 aliphatic heterocycles. The van der Waals surface area contributed by atoms with Crippen molar-refractivity contribution in [2.45, 2.75) is 57.9 Å². The van der Waals surface area contributed by atoms with Crippen LogP contribution in [0.3, 0.4) is 0 Å². The normalized spacial score (nSPS) is 16.5. The first-order chi connectivity index (χ1) is 15.6. The molecule has 3 rings (SSSR count). The van der Waals surface area contributed by atoms with Crippen LogP contribution in [0.2, 0.25) is 0 Å². The van der Waals surface area contributed by atoms with Crippen LogP contribution in [0.1, 0.15) is 68.1 Å². The lowest BCUT2D eigenvalue weighted by atomic mass is 9.92. The van der Waals surface area contributed by atoms with Gasteiger partial charge in [0.2, 0.25) is 15.9 Å². The molecule has 7 heteroatoms. The summed E-state index contributed by atoms with van der Waals surface area (Å²) in [6, 6.07) is 14.3. The lowest BCUT2D eigenvalue weighted by Crippen LogP contribution is -2.44. The van der Waals surface area contributed by atoms with Gasteiger partial charge in [-0.15, -0.1) is 0 Å². The maximum atomic E-state index is 13.0. The van der Waals surface area contributed by atoms with Gasteiger partial charge in [-0.1, -0.05) is 57.2 Å². The zero-order valence-corrected chi connectivity index (χ0v) is 20.7. The molecule has 1 heterocycles. The van der Waals surface area contributed by atoms with Crippen molar-refractivity contribution in [1.29, 1.82) is 0 Å². The molecule has 2 aromatic carbocycles. The average Bonchev–Trinajstić information content (AvgIpc) is 2.82. The molecule has 1 unspecified atom stereocenters. The zero-order valence-electron chi connectivity index (χ0n) is 19.9. The van der Waals surface area contributed by atoms with Gasteiger partial charge in [-0.3, -0.25) is 9.59 Å². The Hall–Kier alpha value is -2.51.